The Morgan fingerprint density at radius 3 is 2.88 bits per heavy atom. The molecular formula is C14H19BrFN. The van der Waals surface area contributed by atoms with Crippen LogP contribution in [-0.2, 0) is 6.42 Å². The summed E-state index contributed by atoms with van der Waals surface area (Å²) in [4.78, 5) is 0. The Hall–Kier alpha value is -0.410. The molecule has 0 amide bonds. The van der Waals surface area contributed by atoms with Gasteiger partial charge in [-0.1, -0.05) is 19.1 Å². The van der Waals surface area contributed by atoms with Crippen LogP contribution >= 0.6 is 15.9 Å². The van der Waals surface area contributed by atoms with Gasteiger partial charge in [0.2, 0.25) is 0 Å². The van der Waals surface area contributed by atoms with Crippen molar-refractivity contribution in [2.24, 2.45) is 5.92 Å². The minimum absolute atomic E-state index is 0.160. The van der Waals surface area contributed by atoms with Gasteiger partial charge in [0.25, 0.3) is 0 Å². The first-order valence-corrected chi connectivity index (χ1v) is 7.18. The molecule has 2 rings (SSSR count). The molecule has 0 bridgehead atoms. The van der Waals surface area contributed by atoms with Crippen molar-refractivity contribution >= 4 is 15.9 Å². The lowest BCUT2D eigenvalue weighted by Gasteiger charge is -2.18. The first-order chi connectivity index (χ1) is 8.22. The van der Waals surface area contributed by atoms with E-state index in [9.17, 15) is 4.39 Å². The fourth-order valence-electron chi connectivity index (χ4n) is 2.18. The van der Waals surface area contributed by atoms with Crippen LogP contribution in [0.15, 0.2) is 22.7 Å². The van der Waals surface area contributed by atoms with Crippen molar-refractivity contribution in [1.82, 2.24) is 5.32 Å². The quantitative estimate of drug-likeness (QED) is 0.840. The summed E-state index contributed by atoms with van der Waals surface area (Å²) in [5.41, 5.74) is 1.07. The lowest BCUT2D eigenvalue weighted by Crippen LogP contribution is -2.33. The standard InChI is InChI=1S/C14H19BrFN/c1-2-8-17-13(10-6-7-10)9-11-4-3-5-12(16)14(11)15/h3-5,10,13,17H,2,6-9H2,1H3. The topological polar surface area (TPSA) is 12.0 Å². The summed E-state index contributed by atoms with van der Waals surface area (Å²) < 4.78 is 14.1. The van der Waals surface area contributed by atoms with E-state index in [1.54, 1.807) is 6.07 Å². The van der Waals surface area contributed by atoms with E-state index in [1.165, 1.54) is 18.9 Å². The van der Waals surface area contributed by atoms with Crippen LogP contribution in [0.5, 0.6) is 0 Å². The van der Waals surface area contributed by atoms with E-state index in [-0.39, 0.29) is 5.82 Å². The summed E-state index contributed by atoms with van der Waals surface area (Å²) in [5.74, 6) is 0.629. The largest absolute Gasteiger partial charge is 0.313 e. The summed E-state index contributed by atoms with van der Waals surface area (Å²) in [7, 11) is 0. The van der Waals surface area contributed by atoms with E-state index in [0.29, 0.717) is 10.5 Å². The van der Waals surface area contributed by atoms with Crippen LogP contribution in [0.1, 0.15) is 31.7 Å². The van der Waals surface area contributed by atoms with Gasteiger partial charge < -0.3 is 5.32 Å². The Balaban J connectivity index is 2.03. The maximum atomic E-state index is 13.4. The van der Waals surface area contributed by atoms with Gasteiger partial charge in [-0.15, -0.1) is 0 Å². The van der Waals surface area contributed by atoms with Gasteiger partial charge in [-0.25, -0.2) is 4.39 Å². The average Bonchev–Trinajstić information content (AvgIpc) is 3.14. The SMILES string of the molecule is CCCNC(Cc1cccc(F)c1Br)C1CC1. The summed E-state index contributed by atoms with van der Waals surface area (Å²) in [5, 5.41) is 3.58. The minimum Gasteiger partial charge on any atom is -0.313 e. The molecule has 0 radical (unpaired) electrons. The molecule has 0 spiro atoms. The predicted octanol–water partition coefficient (Wildman–Crippen LogP) is 3.91. The van der Waals surface area contributed by atoms with Crippen LogP contribution in [-0.4, -0.2) is 12.6 Å². The zero-order chi connectivity index (χ0) is 12.3. The van der Waals surface area contributed by atoms with Gasteiger partial charge in [-0.3, -0.25) is 0 Å². The van der Waals surface area contributed by atoms with Gasteiger partial charge in [0.05, 0.1) is 4.47 Å². The van der Waals surface area contributed by atoms with E-state index in [4.69, 9.17) is 0 Å². The Labute approximate surface area is 111 Å². The molecule has 1 nitrogen and oxygen atoms in total. The molecule has 3 heteroatoms. The van der Waals surface area contributed by atoms with Crippen molar-refractivity contribution in [2.75, 3.05) is 6.54 Å². The number of nitrogens with one attached hydrogen (secondary N) is 1. The minimum atomic E-state index is -0.160. The molecule has 1 aliphatic rings. The van der Waals surface area contributed by atoms with Gasteiger partial charge in [0.1, 0.15) is 5.82 Å². The highest BCUT2D eigenvalue weighted by atomic mass is 79.9. The second-order valence-corrected chi connectivity index (χ2v) is 5.61. The zero-order valence-electron chi connectivity index (χ0n) is 10.2. The van der Waals surface area contributed by atoms with Gasteiger partial charge in [0, 0.05) is 6.04 Å². The average molecular weight is 300 g/mol. The smallest absolute Gasteiger partial charge is 0.137 e. The van der Waals surface area contributed by atoms with E-state index in [2.05, 4.69) is 28.2 Å². The predicted molar refractivity (Wildman–Crippen MR) is 72.6 cm³/mol. The molecule has 1 atom stereocenters. The van der Waals surface area contributed by atoms with Crippen molar-refractivity contribution in [1.29, 1.82) is 0 Å². The van der Waals surface area contributed by atoms with Gasteiger partial charge >= 0.3 is 0 Å². The lowest BCUT2D eigenvalue weighted by atomic mass is 10.0. The van der Waals surface area contributed by atoms with Crippen LogP contribution in [0.25, 0.3) is 0 Å². The fraction of sp³-hybridized carbons (Fsp3) is 0.571. The van der Waals surface area contributed by atoms with E-state index in [1.807, 2.05) is 6.07 Å². The highest BCUT2D eigenvalue weighted by Crippen LogP contribution is 2.35. The van der Waals surface area contributed by atoms with Crippen LogP contribution in [0, 0.1) is 11.7 Å². The number of hydrogen-bond acceptors (Lipinski definition) is 1. The van der Waals surface area contributed by atoms with Crippen molar-refractivity contribution in [3.05, 3.63) is 34.1 Å². The van der Waals surface area contributed by atoms with E-state index < -0.39 is 0 Å². The monoisotopic (exact) mass is 299 g/mol. The molecule has 94 valence electrons. The van der Waals surface area contributed by atoms with Crippen molar-refractivity contribution < 1.29 is 4.39 Å². The molecule has 1 aliphatic carbocycles. The van der Waals surface area contributed by atoms with E-state index >= 15 is 0 Å². The number of halogens is 2. The Morgan fingerprint density at radius 1 is 1.47 bits per heavy atom. The lowest BCUT2D eigenvalue weighted by molar-refractivity contribution is 0.458. The molecule has 1 N–H and O–H groups in total. The van der Waals surface area contributed by atoms with Gasteiger partial charge in [-0.2, -0.15) is 0 Å². The molecule has 0 saturated heterocycles. The molecule has 1 aromatic carbocycles. The molecule has 0 aromatic heterocycles. The Morgan fingerprint density at radius 2 is 2.24 bits per heavy atom. The maximum Gasteiger partial charge on any atom is 0.137 e. The number of benzene rings is 1. The summed E-state index contributed by atoms with van der Waals surface area (Å²) >= 11 is 3.34. The first kappa shape index (κ1) is 13.0. The molecule has 1 aromatic rings. The van der Waals surface area contributed by atoms with Crippen molar-refractivity contribution in [3.8, 4) is 0 Å². The first-order valence-electron chi connectivity index (χ1n) is 6.38. The third kappa shape index (κ3) is 3.52. The van der Waals surface area contributed by atoms with Crippen LogP contribution in [0.2, 0.25) is 0 Å². The molecule has 0 aliphatic heterocycles. The van der Waals surface area contributed by atoms with E-state index in [0.717, 1.165) is 30.9 Å². The molecular weight excluding hydrogens is 281 g/mol. The molecule has 1 fully saturated rings. The van der Waals surface area contributed by atoms with Gasteiger partial charge in [-0.05, 0) is 65.7 Å². The Bertz CT molecular complexity index is 376. The number of rotatable bonds is 6. The van der Waals surface area contributed by atoms with Crippen molar-refractivity contribution in [3.63, 3.8) is 0 Å². The van der Waals surface area contributed by atoms with Gasteiger partial charge in [0.15, 0.2) is 0 Å². The molecule has 1 saturated carbocycles. The summed E-state index contributed by atoms with van der Waals surface area (Å²) in [6.45, 7) is 3.23. The molecule has 1 unspecified atom stereocenters. The summed E-state index contributed by atoms with van der Waals surface area (Å²) in [6, 6.07) is 5.81. The Kier molecular flexibility index (Phi) is 4.57. The second kappa shape index (κ2) is 5.96. The fourth-order valence-corrected chi connectivity index (χ4v) is 2.60. The third-order valence-electron chi connectivity index (χ3n) is 3.32. The highest BCUT2D eigenvalue weighted by molar-refractivity contribution is 9.10. The van der Waals surface area contributed by atoms with Crippen LogP contribution < -0.4 is 5.32 Å². The zero-order valence-corrected chi connectivity index (χ0v) is 11.8. The summed E-state index contributed by atoms with van der Waals surface area (Å²) in [6.07, 6.45) is 4.69. The second-order valence-electron chi connectivity index (χ2n) is 4.82. The maximum absolute atomic E-state index is 13.4. The molecule has 0 heterocycles. The van der Waals surface area contributed by atoms with Crippen molar-refractivity contribution in [2.45, 2.75) is 38.6 Å². The normalized spacial score (nSPS) is 17.1. The number of hydrogen-bond donors (Lipinski definition) is 1. The third-order valence-corrected chi connectivity index (χ3v) is 4.21. The highest BCUT2D eigenvalue weighted by Gasteiger charge is 2.31. The van der Waals surface area contributed by atoms with Crippen LogP contribution in [0.3, 0.4) is 0 Å². The van der Waals surface area contributed by atoms with Crippen LogP contribution in [0.4, 0.5) is 4.39 Å². The molecule has 17 heavy (non-hydrogen) atoms.